The number of fused-ring (bicyclic) bond motifs is 1. The van der Waals surface area contributed by atoms with Crippen molar-refractivity contribution in [2.45, 2.75) is 19.8 Å². The van der Waals surface area contributed by atoms with Crippen LogP contribution in [0.3, 0.4) is 0 Å². The lowest BCUT2D eigenvalue weighted by Crippen LogP contribution is -2.52. The lowest BCUT2D eigenvalue weighted by molar-refractivity contribution is -0.120. The predicted octanol–water partition coefficient (Wildman–Crippen LogP) is 4.63. The number of thiazole rings is 1. The van der Waals surface area contributed by atoms with Crippen LogP contribution < -0.4 is 10.2 Å². The number of amides is 1. The van der Waals surface area contributed by atoms with Gasteiger partial charge in [-0.2, -0.15) is 0 Å². The van der Waals surface area contributed by atoms with Crippen molar-refractivity contribution in [3.63, 3.8) is 0 Å². The van der Waals surface area contributed by atoms with Crippen LogP contribution in [0.2, 0.25) is 0 Å². The first-order chi connectivity index (χ1) is 12.5. The van der Waals surface area contributed by atoms with E-state index in [1.54, 1.807) is 6.07 Å². The maximum absolute atomic E-state index is 13.8. The molecule has 0 radical (unpaired) electrons. The Morgan fingerprint density at radius 3 is 2.73 bits per heavy atom. The van der Waals surface area contributed by atoms with Gasteiger partial charge in [0.05, 0.1) is 10.6 Å². The van der Waals surface area contributed by atoms with E-state index in [2.05, 4.69) is 24.1 Å². The standard InChI is InChI=1S/C20H20FN3OS/c1-12(2)14-6-3-4-8-16(14)22-19(25)13-10-24(11-13)20-23-18-15(21)7-5-9-17(18)26-20/h3-9,12-13H,10-11H2,1-2H3,(H,22,25). The minimum absolute atomic E-state index is 0.0293. The first-order valence-corrected chi connectivity index (χ1v) is 9.54. The van der Waals surface area contributed by atoms with Crippen molar-refractivity contribution in [3.05, 3.63) is 53.8 Å². The van der Waals surface area contributed by atoms with Crippen LogP contribution in [0, 0.1) is 11.7 Å². The molecule has 2 aromatic carbocycles. The zero-order valence-electron chi connectivity index (χ0n) is 14.7. The fraction of sp³-hybridized carbons (Fsp3) is 0.300. The number of carbonyl (C=O) groups excluding carboxylic acids is 1. The van der Waals surface area contributed by atoms with Gasteiger partial charge < -0.3 is 10.2 Å². The van der Waals surface area contributed by atoms with Crippen molar-refractivity contribution in [2.24, 2.45) is 5.92 Å². The highest BCUT2D eigenvalue weighted by molar-refractivity contribution is 7.22. The fourth-order valence-electron chi connectivity index (χ4n) is 3.19. The molecule has 0 saturated carbocycles. The smallest absolute Gasteiger partial charge is 0.231 e. The molecule has 2 heterocycles. The Kier molecular flexibility index (Phi) is 4.36. The predicted molar refractivity (Wildman–Crippen MR) is 104 cm³/mol. The summed E-state index contributed by atoms with van der Waals surface area (Å²) in [5.74, 6) is 0.000798. The van der Waals surface area contributed by atoms with Gasteiger partial charge in [-0.3, -0.25) is 4.79 Å². The van der Waals surface area contributed by atoms with Crippen LogP contribution in [-0.2, 0) is 4.79 Å². The summed E-state index contributed by atoms with van der Waals surface area (Å²) in [4.78, 5) is 19.0. The molecule has 4 nitrogen and oxygen atoms in total. The average Bonchev–Trinajstić information content (AvgIpc) is 2.99. The number of benzene rings is 2. The zero-order valence-corrected chi connectivity index (χ0v) is 15.5. The monoisotopic (exact) mass is 369 g/mol. The molecule has 3 aromatic rings. The van der Waals surface area contributed by atoms with Crippen LogP contribution in [0.25, 0.3) is 10.2 Å². The summed E-state index contributed by atoms with van der Waals surface area (Å²) in [6, 6.07) is 12.9. The van der Waals surface area contributed by atoms with Gasteiger partial charge in [-0.1, -0.05) is 49.4 Å². The van der Waals surface area contributed by atoms with E-state index in [0.29, 0.717) is 24.5 Å². The molecule has 0 bridgehead atoms. The molecule has 6 heteroatoms. The summed E-state index contributed by atoms with van der Waals surface area (Å²) < 4.78 is 14.6. The van der Waals surface area contributed by atoms with Crippen LogP contribution >= 0.6 is 11.3 Å². The molecule has 134 valence electrons. The van der Waals surface area contributed by atoms with Gasteiger partial charge in [-0.05, 0) is 29.7 Å². The van der Waals surface area contributed by atoms with Gasteiger partial charge in [-0.15, -0.1) is 0 Å². The number of hydrogen-bond donors (Lipinski definition) is 1. The SMILES string of the molecule is CC(C)c1ccccc1NC(=O)C1CN(c2nc3c(F)cccc3s2)C1. The Hall–Kier alpha value is -2.47. The number of anilines is 2. The number of rotatable bonds is 4. The van der Waals surface area contributed by atoms with Crippen molar-refractivity contribution in [1.82, 2.24) is 4.98 Å². The van der Waals surface area contributed by atoms with E-state index < -0.39 is 0 Å². The van der Waals surface area contributed by atoms with Gasteiger partial charge in [-0.25, -0.2) is 9.37 Å². The first-order valence-electron chi connectivity index (χ1n) is 8.72. The van der Waals surface area contributed by atoms with E-state index in [0.717, 1.165) is 21.1 Å². The number of hydrogen-bond acceptors (Lipinski definition) is 4. The van der Waals surface area contributed by atoms with E-state index >= 15 is 0 Å². The highest BCUT2D eigenvalue weighted by Gasteiger charge is 2.34. The molecule has 1 amide bonds. The molecule has 4 rings (SSSR count). The molecule has 0 atom stereocenters. The Morgan fingerprint density at radius 1 is 1.23 bits per heavy atom. The Bertz CT molecular complexity index is 963. The van der Waals surface area contributed by atoms with Crippen LogP contribution in [-0.4, -0.2) is 24.0 Å². The van der Waals surface area contributed by atoms with Gasteiger partial charge in [0, 0.05) is 18.8 Å². The van der Waals surface area contributed by atoms with E-state index in [1.807, 2.05) is 35.2 Å². The maximum Gasteiger partial charge on any atom is 0.231 e. The van der Waals surface area contributed by atoms with Gasteiger partial charge in [0.15, 0.2) is 5.13 Å². The van der Waals surface area contributed by atoms with Crippen molar-refractivity contribution >= 4 is 38.3 Å². The summed E-state index contributed by atoms with van der Waals surface area (Å²) in [5.41, 5.74) is 2.43. The van der Waals surface area contributed by atoms with Crippen molar-refractivity contribution in [1.29, 1.82) is 0 Å². The van der Waals surface area contributed by atoms with E-state index in [-0.39, 0.29) is 17.6 Å². The lowest BCUT2D eigenvalue weighted by Gasteiger charge is -2.38. The molecule has 1 aliphatic rings. The average molecular weight is 369 g/mol. The molecule has 0 aliphatic carbocycles. The van der Waals surface area contributed by atoms with E-state index in [1.165, 1.54) is 17.4 Å². The summed E-state index contributed by atoms with van der Waals surface area (Å²) in [6.07, 6.45) is 0. The number of nitrogens with one attached hydrogen (secondary N) is 1. The molecule has 1 aromatic heterocycles. The summed E-state index contributed by atoms with van der Waals surface area (Å²) in [6.45, 7) is 5.44. The highest BCUT2D eigenvalue weighted by atomic mass is 32.1. The Balaban J connectivity index is 1.43. The summed E-state index contributed by atoms with van der Waals surface area (Å²) in [5, 5.41) is 3.83. The van der Waals surface area contributed by atoms with Crippen LogP contribution in [0.4, 0.5) is 15.2 Å². The lowest BCUT2D eigenvalue weighted by atomic mass is 9.98. The largest absolute Gasteiger partial charge is 0.346 e. The first kappa shape index (κ1) is 17.0. The molecular weight excluding hydrogens is 349 g/mol. The second-order valence-electron chi connectivity index (χ2n) is 6.92. The van der Waals surface area contributed by atoms with Crippen molar-refractivity contribution in [3.8, 4) is 0 Å². The van der Waals surface area contributed by atoms with Crippen LogP contribution in [0.1, 0.15) is 25.3 Å². The van der Waals surface area contributed by atoms with Crippen molar-refractivity contribution in [2.75, 3.05) is 23.3 Å². The van der Waals surface area contributed by atoms with E-state index in [4.69, 9.17) is 0 Å². The number of halogens is 1. The quantitative estimate of drug-likeness (QED) is 0.729. The maximum atomic E-state index is 13.8. The Morgan fingerprint density at radius 2 is 2.00 bits per heavy atom. The minimum atomic E-state index is -0.301. The van der Waals surface area contributed by atoms with Gasteiger partial charge in [0.25, 0.3) is 0 Å². The molecule has 0 unspecified atom stereocenters. The highest BCUT2D eigenvalue weighted by Crippen LogP contribution is 2.34. The number of nitrogens with zero attached hydrogens (tertiary/aromatic N) is 2. The van der Waals surface area contributed by atoms with Gasteiger partial charge in [0.2, 0.25) is 5.91 Å². The van der Waals surface area contributed by atoms with Crippen LogP contribution in [0.15, 0.2) is 42.5 Å². The van der Waals surface area contributed by atoms with E-state index in [9.17, 15) is 9.18 Å². The second kappa shape index (κ2) is 6.68. The molecule has 0 spiro atoms. The topological polar surface area (TPSA) is 45.2 Å². The summed E-state index contributed by atoms with van der Waals surface area (Å²) in [7, 11) is 0. The number of carbonyl (C=O) groups is 1. The van der Waals surface area contributed by atoms with Gasteiger partial charge in [0.1, 0.15) is 11.3 Å². The Labute approximate surface area is 155 Å². The molecule has 1 saturated heterocycles. The molecule has 1 N–H and O–H groups in total. The minimum Gasteiger partial charge on any atom is -0.346 e. The normalized spacial score (nSPS) is 14.7. The summed E-state index contributed by atoms with van der Waals surface area (Å²) >= 11 is 1.46. The van der Waals surface area contributed by atoms with Gasteiger partial charge >= 0.3 is 0 Å². The third-order valence-electron chi connectivity index (χ3n) is 4.72. The number of para-hydroxylation sites is 2. The van der Waals surface area contributed by atoms with Crippen LogP contribution in [0.5, 0.6) is 0 Å². The zero-order chi connectivity index (χ0) is 18.3. The van der Waals surface area contributed by atoms with Crippen molar-refractivity contribution < 1.29 is 9.18 Å². The fourth-order valence-corrected chi connectivity index (χ4v) is 4.19. The molecular formula is C20H20FN3OS. The molecule has 26 heavy (non-hydrogen) atoms. The third-order valence-corrected chi connectivity index (χ3v) is 5.80. The second-order valence-corrected chi connectivity index (χ2v) is 7.93. The number of aromatic nitrogens is 1. The third kappa shape index (κ3) is 3.05. The molecule has 1 fully saturated rings. The molecule has 1 aliphatic heterocycles.